The number of piperidine rings is 1. The molecule has 24 heavy (non-hydrogen) atoms. The van der Waals surface area contributed by atoms with Crippen LogP contribution in [0, 0.1) is 5.92 Å². The Morgan fingerprint density at radius 1 is 1.08 bits per heavy atom. The summed E-state index contributed by atoms with van der Waals surface area (Å²) in [6.45, 7) is 5.42. The van der Waals surface area contributed by atoms with Gasteiger partial charge in [0.2, 0.25) is 0 Å². The molecule has 0 aromatic carbocycles. The van der Waals surface area contributed by atoms with Crippen LogP contribution in [0.4, 0.5) is 0 Å². The van der Waals surface area contributed by atoms with E-state index in [0.29, 0.717) is 11.6 Å². The molecule has 1 saturated carbocycles. The van der Waals surface area contributed by atoms with Crippen LogP contribution in [0.25, 0.3) is 0 Å². The molecule has 2 aliphatic heterocycles. The Kier molecular flexibility index (Phi) is 4.88. The Hall–Kier alpha value is -0.970. The third-order valence-corrected chi connectivity index (χ3v) is 6.54. The van der Waals surface area contributed by atoms with Gasteiger partial charge in [0.1, 0.15) is 0 Å². The molecule has 0 radical (unpaired) electrons. The van der Waals surface area contributed by atoms with Crippen LogP contribution in [-0.2, 0) is 11.3 Å². The number of aromatic nitrogens is 1. The Bertz CT molecular complexity index is 523. The van der Waals surface area contributed by atoms with E-state index in [9.17, 15) is 0 Å². The zero-order valence-corrected chi connectivity index (χ0v) is 15.0. The van der Waals surface area contributed by atoms with Crippen molar-refractivity contribution in [2.75, 3.05) is 33.4 Å². The van der Waals surface area contributed by atoms with Gasteiger partial charge in [0, 0.05) is 50.2 Å². The van der Waals surface area contributed by atoms with Crippen LogP contribution >= 0.6 is 0 Å². The van der Waals surface area contributed by atoms with Crippen LogP contribution in [0.3, 0.4) is 0 Å². The summed E-state index contributed by atoms with van der Waals surface area (Å²) in [6, 6.07) is 4.91. The smallest absolute Gasteiger partial charge is 0.0622 e. The van der Waals surface area contributed by atoms with Crippen molar-refractivity contribution in [3.8, 4) is 0 Å². The van der Waals surface area contributed by atoms with Gasteiger partial charge in [0.15, 0.2) is 0 Å². The molecule has 132 valence electrons. The topological polar surface area (TPSA) is 28.6 Å². The van der Waals surface area contributed by atoms with Crippen molar-refractivity contribution >= 4 is 0 Å². The van der Waals surface area contributed by atoms with Crippen molar-refractivity contribution in [1.29, 1.82) is 0 Å². The first-order valence-electron chi connectivity index (χ1n) is 9.67. The lowest BCUT2D eigenvalue weighted by molar-refractivity contribution is 0.0162. The molecule has 1 aromatic rings. The van der Waals surface area contributed by atoms with Gasteiger partial charge in [-0.25, -0.2) is 0 Å². The Morgan fingerprint density at radius 3 is 2.54 bits per heavy atom. The molecule has 3 fully saturated rings. The maximum atomic E-state index is 5.99. The number of hydrogen-bond acceptors (Lipinski definition) is 4. The fourth-order valence-corrected chi connectivity index (χ4v) is 4.52. The highest BCUT2D eigenvalue weighted by atomic mass is 16.5. The average Bonchev–Trinajstić information content (AvgIpc) is 3.39. The summed E-state index contributed by atoms with van der Waals surface area (Å²) in [6.07, 6.45) is 11.8. The SMILES string of the molecule is CN1[C@@H](COCC2CC2)CCC12CCN(Cc1ccncc1)CC2. The summed E-state index contributed by atoms with van der Waals surface area (Å²) in [5.74, 6) is 0.877. The van der Waals surface area contributed by atoms with Crippen molar-refractivity contribution in [3.63, 3.8) is 0 Å². The zero-order valence-electron chi connectivity index (χ0n) is 15.0. The Balaban J connectivity index is 1.26. The zero-order chi connectivity index (χ0) is 16.4. The molecular formula is C20H31N3O. The number of likely N-dealkylation sites (N-methyl/N-ethyl adjacent to an activating group) is 1. The lowest BCUT2D eigenvalue weighted by Gasteiger charge is -2.45. The number of hydrogen-bond donors (Lipinski definition) is 0. The van der Waals surface area contributed by atoms with Crippen molar-refractivity contribution in [1.82, 2.24) is 14.8 Å². The van der Waals surface area contributed by atoms with Gasteiger partial charge in [-0.2, -0.15) is 0 Å². The quantitative estimate of drug-likeness (QED) is 0.802. The molecule has 2 saturated heterocycles. The van der Waals surface area contributed by atoms with Crippen molar-refractivity contribution in [2.24, 2.45) is 5.92 Å². The van der Waals surface area contributed by atoms with Gasteiger partial charge >= 0.3 is 0 Å². The second-order valence-corrected chi connectivity index (χ2v) is 8.14. The lowest BCUT2D eigenvalue weighted by atomic mass is 9.85. The van der Waals surface area contributed by atoms with Gasteiger partial charge in [-0.1, -0.05) is 0 Å². The predicted molar refractivity (Wildman–Crippen MR) is 95.8 cm³/mol. The van der Waals surface area contributed by atoms with E-state index < -0.39 is 0 Å². The van der Waals surface area contributed by atoms with Crippen LogP contribution in [0.2, 0.25) is 0 Å². The van der Waals surface area contributed by atoms with E-state index >= 15 is 0 Å². The van der Waals surface area contributed by atoms with Gasteiger partial charge in [0.25, 0.3) is 0 Å². The molecule has 0 N–H and O–H groups in total. The monoisotopic (exact) mass is 329 g/mol. The number of likely N-dealkylation sites (tertiary alicyclic amines) is 2. The minimum Gasteiger partial charge on any atom is -0.380 e. The van der Waals surface area contributed by atoms with Gasteiger partial charge in [-0.3, -0.25) is 14.8 Å². The first kappa shape index (κ1) is 16.5. The summed E-state index contributed by atoms with van der Waals surface area (Å²) in [7, 11) is 2.34. The highest BCUT2D eigenvalue weighted by Gasteiger charge is 2.45. The van der Waals surface area contributed by atoms with Gasteiger partial charge < -0.3 is 4.74 Å². The number of rotatable bonds is 6. The predicted octanol–water partition coefficient (Wildman–Crippen LogP) is 2.94. The highest BCUT2D eigenvalue weighted by Crippen LogP contribution is 2.41. The largest absolute Gasteiger partial charge is 0.380 e. The normalized spacial score (nSPS) is 27.8. The number of ether oxygens (including phenoxy) is 1. The molecule has 1 spiro atoms. The Labute approximate surface area is 146 Å². The molecule has 0 amide bonds. The van der Waals surface area contributed by atoms with Crippen LogP contribution in [0.5, 0.6) is 0 Å². The summed E-state index contributed by atoms with van der Waals surface area (Å²) < 4.78 is 5.99. The van der Waals surface area contributed by atoms with Crippen LogP contribution in [0.15, 0.2) is 24.5 Å². The minimum atomic E-state index is 0.433. The van der Waals surface area contributed by atoms with Gasteiger partial charge in [-0.05, 0) is 69.2 Å². The minimum absolute atomic E-state index is 0.433. The maximum absolute atomic E-state index is 5.99. The first-order chi connectivity index (χ1) is 11.8. The van der Waals surface area contributed by atoms with E-state index in [1.54, 1.807) is 0 Å². The molecule has 4 nitrogen and oxygen atoms in total. The number of nitrogens with zero attached hydrogens (tertiary/aromatic N) is 3. The van der Waals surface area contributed by atoms with Gasteiger partial charge in [-0.15, -0.1) is 0 Å². The van der Waals surface area contributed by atoms with Crippen molar-refractivity contribution in [3.05, 3.63) is 30.1 Å². The van der Waals surface area contributed by atoms with Crippen LogP contribution in [-0.4, -0.2) is 59.7 Å². The molecular weight excluding hydrogens is 298 g/mol. The standard InChI is InChI=1S/C20H31N3O/c1-22-19(16-24-15-18-2-3-18)4-7-20(22)8-12-23(13-9-20)14-17-5-10-21-11-6-17/h5-6,10-11,18-19H,2-4,7-9,12-16H2,1H3/t19-/m1/s1. The Morgan fingerprint density at radius 2 is 1.83 bits per heavy atom. The maximum Gasteiger partial charge on any atom is 0.0622 e. The third kappa shape index (κ3) is 3.66. The summed E-state index contributed by atoms with van der Waals surface area (Å²) in [5, 5.41) is 0. The van der Waals surface area contributed by atoms with Crippen LogP contribution < -0.4 is 0 Å². The lowest BCUT2D eigenvalue weighted by Crippen LogP contribution is -2.52. The van der Waals surface area contributed by atoms with E-state index in [0.717, 1.165) is 25.7 Å². The summed E-state index contributed by atoms with van der Waals surface area (Å²) in [4.78, 5) is 9.39. The average molecular weight is 329 g/mol. The molecule has 0 unspecified atom stereocenters. The first-order valence-corrected chi connectivity index (χ1v) is 9.67. The molecule has 3 heterocycles. The molecule has 4 heteroatoms. The van der Waals surface area contributed by atoms with E-state index in [1.807, 2.05) is 12.4 Å². The highest BCUT2D eigenvalue weighted by molar-refractivity contribution is 5.10. The van der Waals surface area contributed by atoms with Crippen LogP contribution in [0.1, 0.15) is 44.1 Å². The van der Waals surface area contributed by atoms with E-state index in [2.05, 4.69) is 34.0 Å². The van der Waals surface area contributed by atoms with Crippen molar-refractivity contribution < 1.29 is 4.74 Å². The molecule has 1 atom stereocenters. The molecule has 1 aromatic heterocycles. The summed E-state index contributed by atoms with van der Waals surface area (Å²) >= 11 is 0. The second-order valence-electron chi connectivity index (χ2n) is 8.14. The molecule has 4 rings (SSSR count). The molecule has 1 aliphatic carbocycles. The summed E-state index contributed by atoms with van der Waals surface area (Å²) in [5.41, 5.74) is 1.81. The molecule has 0 bridgehead atoms. The fraction of sp³-hybridized carbons (Fsp3) is 0.750. The van der Waals surface area contributed by atoms with E-state index in [1.165, 1.54) is 57.2 Å². The van der Waals surface area contributed by atoms with E-state index in [-0.39, 0.29) is 0 Å². The van der Waals surface area contributed by atoms with Crippen molar-refractivity contribution in [2.45, 2.75) is 56.7 Å². The number of pyridine rings is 1. The second kappa shape index (κ2) is 7.11. The molecule has 3 aliphatic rings. The van der Waals surface area contributed by atoms with E-state index in [4.69, 9.17) is 4.74 Å². The third-order valence-electron chi connectivity index (χ3n) is 6.54. The fourth-order valence-electron chi connectivity index (χ4n) is 4.52. The van der Waals surface area contributed by atoms with Gasteiger partial charge in [0.05, 0.1) is 6.61 Å².